The molecule has 0 heterocycles. The van der Waals surface area contributed by atoms with Gasteiger partial charge in [-0.2, -0.15) is 0 Å². The van der Waals surface area contributed by atoms with E-state index in [1.807, 2.05) is 0 Å². The average Bonchev–Trinajstić information content (AvgIpc) is 2.43. The van der Waals surface area contributed by atoms with Gasteiger partial charge in [0.15, 0.2) is 0 Å². The predicted octanol–water partition coefficient (Wildman–Crippen LogP) is 1.94. The molecule has 1 rings (SSSR count). The molecule has 0 aliphatic heterocycles. The van der Waals surface area contributed by atoms with E-state index in [0.717, 1.165) is 0 Å². The van der Waals surface area contributed by atoms with Crippen molar-refractivity contribution >= 4 is 17.5 Å². The number of rotatable bonds is 7. The highest BCUT2D eigenvalue weighted by Crippen LogP contribution is 2.19. The van der Waals surface area contributed by atoms with E-state index in [4.69, 9.17) is 4.74 Å². The first-order valence-electron chi connectivity index (χ1n) is 6.72. The Kier molecular flexibility index (Phi) is 6.30. The molecule has 0 spiro atoms. The van der Waals surface area contributed by atoms with Crippen molar-refractivity contribution in [3.63, 3.8) is 0 Å². The van der Waals surface area contributed by atoms with Crippen molar-refractivity contribution < 1.29 is 18.7 Å². The molecule has 2 N–H and O–H groups in total. The fourth-order valence-electron chi connectivity index (χ4n) is 1.60. The Morgan fingerprint density at radius 2 is 2.00 bits per heavy atom. The first-order valence-corrected chi connectivity index (χ1v) is 6.72. The van der Waals surface area contributed by atoms with Gasteiger partial charge in [-0.25, -0.2) is 4.39 Å². The summed E-state index contributed by atoms with van der Waals surface area (Å²) in [6.07, 6.45) is 0.670. The summed E-state index contributed by atoms with van der Waals surface area (Å²) in [4.78, 5) is 24.2. The molecule has 1 aromatic rings. The Morgan fingerprint density at radius 3 is 2.62 bits per heavy atom. The molecule has 6 heteroatoms. The van der Waals surface area contributed by atoms with Crippen molar-refractivity contribution in [2.75, 3.05) is 25.6 Å². The molecule has 0 fully saturated rings. The first-order chi connectivity index (χ1) is 9.87. The van der Waals surface area contributed by atoms with Crippen molar-refractivity contribution in [2.24, 2.45) is 5.41 Å². The van der Waals surface area contributed by atoms with Crippen molar-refractivity contribution in [3.05, 3.63) is 30.1 Å². The fraction of sp³-hybridized carbons (Fsp3) is 0.467. The van der Waals surface area contributed by atoms with Crippen LogP contribution >= 0.6 is 0 Å². The second-order valence-corrected chi connectivity index (χ2v) is 5.19. The lowest BCUT2D eigenvalue weighted by atomic mass is 9.91. The molecule has 116 valence electrons. The summed E-state index contributed by atoms with van der Waals surface area (Å²) in [7, 11) is 1.58. The van der Waals surface area contributed by atoms with Crippen LogP contribution in [-0.2, 0) is 14.3 Å². The average molecular weight is 296 g/mol. The SMILES string of the molecule is COCCCNC(=O)C(C)(C)C(=O)Nc1cccc(F)c1. The minimum absolute atomic E-state index is 0.320. The lowest BCUT2D eigenvalue weighted by molar-refractivity contribution is -0.138. The zero-order chi connectivity index (χ0) is 15.9. The van der Waals surface area contributed by atoms with Gasteiger partial charge in [-0.05, 0) is 38.5 Å². The second-order valence-electron chi connectivity index (χ2n) is 5.19. The number of hydrogen-bond donors (Lipinski definition) is 2. The topological polar surface area (TPSA) is 67.4 Å². The van der Waals surface area contributed by atoms with Gasteiger partial charge in [-0.3, -0.25) is 9.59 Å². The van der Waals surface area contributed by atoms with Gasteiger partial charge in [-0.15, -0.1) is 0 Å². The Labute approximate surface area is 123 Å². The van der Waals surface area contributed by atoms with Gasteiger partial charge in [0.25, 0.3) is 0 Å². The summed E-state index contributed by atoms with van der Waals surface area (Å²) in [5.41, 5.74) is -0.931. The number of anilines is 1. The zero-order valence-electron chi connectivity index (χ0n) is 12.5. The Bertz CT molecular complexity index is 503. The molecular formula is C15H21FN2O3. The summed E-state index contributed by atoms with van der Waals surface area (Å²) in [5.74, 6) is -1.32. The molecule has 0 saturated heterocycles. The molecule has 0 aliphatic carbocycles. The molecule has 1 aromatic carbocycles. The van der Waals surface area contributed by atoms with Crippen LogP contribution in [-0.4, -0.2) is 32.1 Å². The summed E-state index contributed by atoms with van der Waals surface area (Å²) < 4.78 is 18.0. The molecule has 0 saturated carbocycles. The maximum atomic E-state index is 13.1. The van der Waals surface area contributed by atoms with E-state index in [2.05, 4.69) is 10.6 Å². The minimum atomic E-state index is -1.25. The van der Waals surface area contributed by atoms with Crippen molar-refractivity contribution in [1.82, 2.24) is 5.32 Å². The van der Waals surface area contributed by atoms with E-state index in [1.54, 1.807) is 13.2 Å². The Morgan fingerprint density at radius 1 is 1.29 bits per heavy atom. The largest absolute Gasteiger partial charge is 0.385 e. The highest BCUT2D eigenvalue weighted by molar-refractivity contribution is 6.09. The fourth-order valence-corrected chi connectivity index (χ4v) is 1.60. The maximum absolute atomic E-state index is 13.1. The van der Waals surface area contributed by atoms with Crippen LogP contribution in [0.25, 0.3) is 0 Å². The maximum Gasteiger partial charge on any atom is 0.239 e. The van der Waals surface area contributed by atoms with E-state index in [0.29, 0.717) is 25.3 Å². The zero-order valence-corrected chi connectivity index (χ0v) is 12.5. The molecule has 0 bridgehead atoms. The minimum Gasteiger partial charge on any atom is -0.385 e. The number of nitrogens with one attached hydrogen (secondary N) is 2. The number of benzene rings is 1. The molecule has 0 aliphatic rings. The van der Waals surface area contributed by atoms with E-state index in [-0.39, 0.29) is 5.91 Å². The molecule has 0 unspecified atom stereocenters. The van der Waals surface area contributed by atoms with Crippen LogP contribution in [0.4, 0.5) is 10.1 Å². The van der Waals surface area contributed by atoms with E-state index in [1.165, 1.54) is 32.0 Å². The highest BCUT2D eigenvalue weighted by Gasteiger charge is 2.35. The van der Waals surface area contributed by atoms with Gasteiger partial charge in [0.05, 0.1) is 0 Å². The van der Waals surface area contributed by atoms with Crippen LogP contribution in [0.1, 0.15) is 20.3 Å². The molecule has 0 aromatic heterocycles. The number of methoxy groups -OCH3 is 1. The summed E-state index contributed by atoms with van der Waals surface area (Å²) in [5, 5.41) is 5.22. The summed E-state index contributed by atoms with van der Waals surface area (Å²) >= 11 is 0. The monoisotopic (exact) mass is 296 g/mol. The lowest BCUT2D eigenvalue weighted by Gasteiger charge is -2.22. The Hall–Kier alpha value is -1.95. The van der Waals surface area contributed by atoms with E-state index >= 15 is 0 Å². The number of carbonyl (C=O) groups is 2. The lowest BCUT2D eigenvalue weighted by Crippen LogP contribution is -2.45. The number of carbonyl (C=O) groups excluding carboxylic acids is 2. The first kappa shape index (κ1) is 17.1. The molecule has 0 atom stereocenters. The van der Waals surface area contributed by atoms with Crippen LogP contribution in [0.3, 0.4) is 0 Å². The third-order valence-corrected chi connectivity index (χ3v) is 3.03. The number of hydrogen-bond acceptors (Lipinski definition) is 3. The van der Waals surface area contributed by atoms with Gasteiger partial charge in [0.1, 0.15) is 11.2 Å². The van der Waals surface area contributed by atoms with Gasteiger partial charge in [0.2, 0.25) is 11.8 Å². The van der Waals surface area contributed by atoms with Gasteiger partial charge in [-0.1, -0.05) is 6.07 Å². The predicted molar refractivity (Wildman–Crippen MR) is 78.3 cm³/mol. The molecule has 2 amide bonds. The highest BCUT2D eigenvalue weighted by atomic mass is 19.1. The van der Waals surface area contributed by atoms with Crippen LogP contribution < -0.4 is 10.6 Å². The van der Waals surface area contributed by atoms with Crippen LogP contribution in [0.15, 0.2) is 24.3 Å². The summed E-state index contributed by atoms with van der Waals surface area (Å²) in [6.45, 7) is 4.01. The molecule has 0 radical (unpaired) electrons. The van der Waals surface area contributed by atoms with Gasteiger partial charge >= 0.3 is 0 Å². The van der Waals surface area contributed by atoms with Crippen LogP contribution in [0.2, 0.25) is 0 Å². The second kappa shape index (κ2) is 7.73. The van der Waals surface area contributed by atoms with Crippen molar-refractivity contribution in [2.45, 2.75) is 20.3 Å². The molecule has 5 nitrogen and oxygen atoms in total. The summed E-state index contributed by atoms with van der Waals surface area (Å²) in [6, 6.07) is 5.53. The van der Waals surface area contributed by atoms with E-state index < -0.39 is 17.1 Å². The Balaban J connectivity index is 2.59. The van der Waals surface area contributed by atoms with Crippen molar-refractivity contribution in [3.8, 4) is 0 Å². The van der Waals surface area contributed by atoms with Crippen LogP contribution in [0.5, 0.6) is 0 Å². The smallest absolute Gasteiger partial charge is 0.239 e. The van der Waals surface area contributed by atoms with E-state index in [9.17, 15) is 14.0 Å². The van der Waals surface area contributed by atoms with Gasteiger partial charge in [0, 0.05) is 25.9 Å². The molecular weight excluding hydrogens is 275 g/mol. The molecule has 21 heavy (non-hydrogen) atoms. The van der Waals surface area contributed by atoms with Crippen molar-refractivity contribution in [1.29, 1.82) is 0 Å². The number of ether oxygens (including phenoxy) is 1. The number of halogens is 1. The van der Waals surface area contributed by atoms with Crippen LogP contribution in [0, 0.1) is 11.2 Å². The third-order valence-electron chi connectivity index (χ3n) is 3.03. The standard InChI is InChI=1S/C15H21FN2O3/c1-15(2,13(19)17-8-5-9-21-3)14(20)18-12-7-4-6-11(16)10-12/h4,6-7,10H,5,8-9H2,1-3H3,(H,17,19)(H,18,20). The van der Waals surface area contributed by atoms with Gasteiger partial charge < -0.3 is 15.4 Å². The normalized spacial score (nSPS) is 11.0. The quantitative estimate of drug-likeness (QED) is 0.597. The number of amides is 2. The third kappa shape index (κ3) is 5.15.